The first-order chi connectivity index (χ1) is 15.7. The molecule has 0 aromatic rings. The number of esters is 1. The summed E-state index contributed by atoms with van der Waals surface area (Å²) >= 11 is 0. The maximum Gasteiger partial charge on any atom is 0.331 e. The number of allylic oxidation sites excluding steroid dienone is 7. The van der Waals surface area contributed by atoms with Gasteiger partial charge in [-0.1, -0.05) is 67.5 Å². The van der Waals surface area contributed by atoms with Gasteiger partial charge in [0.25, 0.3) is 0 Å². The maximum atomic E-state index is 12.5. The Morgan fingerprint density at radius 1 is 1.27 bits per heavy atom. The Morgan fingerprint density at radius 3 is 2.73 bits per heavy atom. The van der Waals surface area contributed by atoms with E-state index in [1.165, 1.54) is 12.2 Å². The van der Waals surface area contributed by atoms with Crippen molar-refractivity contribution in [2.24, 2.45) is 11.8 Å². The molecule has 2 heterocycles. The highest BCUT2D eigenvalue weighted by atomic mass is 16.5. The maximum absolute atomic E-state index is 12.5. The third kappa shape index (κ3) is 9.10. The molecule has 0 radical (unpaired) electrons. The van der Waals surface area contributed by atoms with Crippen LogP contribution in [0.5, 0.6) is 0 Å². The number of ketones is 1. The van der Waals surface area contributed by atoms with Gasteiger partial charge in [-0.2, -0.15) is 0 Å². The van der Waals surface area contributed by atoms with Crippen LogP contribution in [0.3, 0.4) is 0 Å². The lowest BCUT2D eigenvalue weighted by molar-refractivity contribution is -0.146. The molecule has 1 fully saturated rings. The average Bonchev–Trinajstić information content (AvgIpc) is 2.75. The van der Waals surface area contributed by atoms with Gasteiger partial charge in [-0.15, -0.1) is 0 Å². The molecular formula is C28H38O5. The lowest BCUT2D eigenvalue weighted by Crippen LogP contribution is -2.44. The fraction of sp³-hybridized carbons (Fsp3) is 0.500. The van der Waals surface area contributed by atoms with Gasteiger partial charge in [0.15, 0.2) is 5.78 Å². The number of hydrogen-bond donors (Lipinski definition) is 1. The number of hydrogen-bond acceptors (Lipinski definition) is 5. The first-order valence-electron chi connectivity index (χ1n) is 11.8. The molecule has 2 rings (SSSR count). The zero-order valence-corrected chi connectivity index (χ0v) is 20.4. The van der Waals surface area contributed by atoms with Crippen molar-refractivity contribution in [1.82, 2.24) is 0 Å². The lowest BCUT2D eigenvalue weighted by atomic mass is 9.88. The summed E-state index contributed by atoms with van der Waals surface area (Å²) in [5.41, 5.74) is 2.28. The molecule has 5 nitrogen and oxygen atoms in total. The van der Waals surface area contributed by atoms with Gasteiger partial charge in [-0.25, -0.2) is 4.79 Å². The molecule has 0 aromatic carbocycles. The van der Waals surface area contributed by atoms with Crippen molar-refractivity contribution in [1.29, 1.82) is 0 Å². The van der Waals surface area contributed by atoms with E-state index in [1.54, 1.807) is 6.08 Å². The van der Waals surface area contributed by atoms with E-state index in [2.05, 4.69) is 13.0 Å². The van der Waals surface area contributed by atoms with Crippen molar-refractivity contribution < 1.29 is 24.2 Å². The number of carbonyl (C=O) groups is 2. The largest absolute Gasteiger partial charge is 0.455 e. The van der Waals surface area contributed by atoms with Crippen LogP contribution in [0.15, 0.2) is 71.9 Å². The number of carbonyl (C=O) groups excluding carboxylic acids is 2. The van der Waals surface area contributed by atoms with Crippen LogP contribution in [0.25, 0.3) is 0 Å². The van der Waals surface area contributed by atoms with E-state index in [9.17, 15) is 14.7 Å². The van der Waals surface area contributed by atoms with E-state index in [-0.39, 0.29) is 29.9 Å². The molecular weight excluding hydrogens is 416 g/mol. The van der Waals surface area contributed by atoms with E-state index < -0.39 is 12.2 Å². The van der Waals surface area contributed by atoms with Gasteiger partial charge in [0.2, 0.25) is 0 Å². The van der Waals surface area contributed by atoms with Crippen molar-refractivity contribution >= 4 is 11.8 Å². The van der Waals surface area contributed by atoms with Crippen LogP contribution in [0.1, 0.15) is 53.9 Å². The number of aliphatic hydroxyl groups is 1. The van der Waals surface area contributed by atoms with Crippen LogP contribution in [0.4, 0.5) is 0 Å². The molecule has 0 saturated carbocycles. The Hall–Kier alpha value is -2.50. The molecule has 180 valence electrons. The van der Waals surface area contributed by atoms with Gasteiger partial charge in [-0.3, -0.25) is 4.79 Å². The van der Waals surface area contributed by atoms with Crippen molar-refractivity contribution in [2.75, 3.05) is 0 Å². The molecule has 6 atom stereocenters. The van der Waals surface area contributed by atoms with Gasteiger partial charge in [0, 0.05) is 24.8 Å². The minimum atomic E-state index is -0.613. The Labute approximate surface area is 198 Å². The van der Waals surface area contributed by atoms with Gasteiger partial charge < -0.3 is 14.6 Å². The smallest absolute Gasteiger partial charge is 0.331 e. The molecule has 1 N–H and O–H groups in total. The number of ether oxygens (including phenoxy) is 2. The van der Waals surface area contributed by atoms with Crippen molar-refractivity contribution in [3.8, 4) is 0 Å². The number of rotatable bonds is 9. The zero-order valence-electron chi connectivity index (χ0n) is 20.4. The van der Waals surface area contributed by atoms with Crippen LogP contribution in [0.2, 0.25) is 0 Å². The topological polar surface area (TPSA) is 72.8 Å². The van der Waals surface area contributed by atoms with Gasteiger partial charge in [0.05, 0.1) is 12.2 Å². The normalized spacial score (nSPS) is 30.4. The highest BCUT2D eigenvalue weighted by Crippen LogP contribution is 2.27. The monoisotopic (exact) mass is 454 g/mol. The molecule has 0 aliphatic carbocycles. The fourth-order valence-corrected chi connectivity index (χ4v) is 4.08. The summed E-state index contributed by atoms with van der Waals surface area (Å²) in [6.07, 6.45) is 18.7. The summed E-state index contributed by atoms with van der Waals surface area (Å²) in [7, 11) is 0. The molecule has 33 heavy (non-hydrogen) atoms. The Morgan fingerprint density at radius 2 is 2.03 bits per heavy atom. The van der Waals surface area contributed by atoms with Crippen molar-refractivity contribution in [3.05, 3.63) is 71.9 Å². The minimum Gasteiger partial charge on any atom is -0.455 e. The molecule has 0 amide bonds. The standard InChI is InChI=1S/C28H38O5/c1-6-9-26-22(5)25(30)18-27(33-26)24(29)12-7-10-19(2)16-21(4)17-20(3)14-15-23-11-8-13-28(31)32-23/h6-10,12-15,17,21-23,25-27,30H,11,16,18H2,1-5H3/b9-6+,12-7+,15-14+,19-10+,20-17-/t21-,22+,23-,25-,26+,27+/m1/s1. The quantitative estimate of drug-likeness (QED) is 0.225. The third-order valence-electron chi connectivity index (χ3n) is 5.90. The highest BCUT2D eigenvalue weighted by molar-refractivity contribution is 5.93. The summed E-state index contributed by atoms with van der Waals surface area (Å²) in [5, 5.41) is 10.3. The van der Waals surface area contributed by atoms with Crippen molar-refractivity contribution in [2.45, 2.75) is 78.3 Å². The fourth-order valence-electron chi connectivity index (χ4n) is 4.08. The summed E-state index contributed by atoms with van der Waals surface area (Å²) < 4.78 is 11.1. The molecule has 2 aliphatic heterocycles. The number of aliphatic hydroxyl groups excluding tert-OH is 1. The van der Waals surface area contributed by atoms with E-state index in [1.807, 2.05) is 64.2 Å². The highest BCUT2D eigenvalue weighted by Gasteiger charge is 2.35. The van der Waals surface area contributed by atoms with Crippen LogP contribution in [-0.4, -0.2) is 41.3 Å². The van der Waals surface area contributed by atoms with Gasteiger partial charge in [0.1, 0.15) is 12.2 Å². The first-order valence-corrected chi connectivity index (χ1v) is 11.8. The van der Waals surface area contributed by atoms with Gasteiger partial charge >= 0.3 is 5.97 Å². The summed E-state index contributed by atoms with van der Waals surface area (Å²) in [6.45, 7) is 10.1. The molecule has 0 aromatic heterocycles. The third-order valence-corrected chi connectivity index (χ3v) is 5.90. The zero-order chi connectivity index (χ0) is 24.4. The lowest BCUT2D eigenvalue weighted by Gasteiger charge is -2.35. The molecule has 5 heteroatoms. The van der Waals surface area contributed by atoms with Gasteiger partial charge in [-0.05, 0) is 45.3 Å². The Bertz CT molecular complexity index is 858. The predicted octanol–water partition coefficient (Wildman–Crippen LogP) is 5.19. The van der Waals surface area contributed by atoms with E-state index in [0.29, 0.717) is 18.8 Å². The summed E-state index contributed by atoms with van der Waals surface area (Å²) in [4.78, 5) is 23.8. The molecule has 0 unspecified atom stereocenters. The van der Waals surface area contributed by atoms with E-state index in [0.717, 1.165) is 17.6 Å². The van der Waals surface area contributed by atoms with E-state index in [4.69, 9.17) is 9.47 Å². The second-order valence-electron chi connectivity index (χ2n) is 9.12. The predicted molar refractivity (Wildman–Crippen MR) is 131 cm³/mol. The molecule has 1 saturated heterocycles. The molecule has 0 bridgehead atoms. The number of cyclic esters (lactones) is 1. The summed E-state index contributed by atoms with van der Waals surface area (Å²) in [6, 6.07) is 0. The second kappa shape index (κ2) is 13.3. The summed E-state index contributed by atoms with van der Waals surface area (Å²) in [5.74, 6) is -0.120. The minimum absolute atomic E-state index is 0.0289. The molecule has 0 spiro atoms. The second-order valence-corrected chi connectivity index (χ2v) is 9.12. The average molecular weight is 455 g/mol. The molecule has 2 aliphatic rings. The first kappa shape index (κ1) is 26.7. The Balaban J connectivity index is 1.85. The van der Waals surface area contributed by atoms with Crippen LogP contribution in [0, 0.1) is 11.8 Å². The van der Waals surface area contributed by atoms with Crippen LogP contribution in [-0.2, 0) is 19.1 Å². The SMILES string of the molecule is C/C=C/[C@@H]1O[C@H](C(=O)/C=C/C=C(\C)C[C@@H](C)/C=C(C)\C=C\[C@H]2CC=CC(=O)O2)C[C@@H](O)[C@@H]1C. The van der Waals surface area contributed by atoms with Crippen molar-refractivity contribution in [3.63, 3.8) is 0 Å². The van der Waals surface area contributed by atoms with Crippen LogP contribution >= 0.6 is 0 Å². The Kier molecular flexibility index (Phi) is 10.8. The van der Waals surface area contributed by atoms with Crippen LogP contribution < -0.4 is 0 Å². The van der Waals surface area contributed by atoms with E-state index >= 15 is 0 Å².